The van der Waals surface area contributed by atoms with E-state index in [-0.39, 0.29) is 24.2 Å². The van der Waals surface area contributed by atoms with Gasteiger partial charge in [-0.3, -0.25) is 9.59 Å². The zero-order valence-electron chi connectivity index (χ0n) is 18.7. The minimum atomic E-state index is -1.00. The highest BCUT2D eigenvalue weighted by atomic mass is 16.4. The molecule has 0 bridgehead atoms. The van der Waals surface area contributed by atoms with Crippen LogP contribution in [0.15, 0.2) is 72.8 Å². The first-order chi connectivity index (χ1) is 15.6. The average Bonchev–Trinajstić information content (AvgIpc) is 3.39. The first-order valence-corrected chi connectivity index (χ1v) is 11.3. The number of pyridine rings is 1. The van der Waals surface area contributed by atoms with Crippen LogP contribution in [0.5, 0.6) is 0 Å². The SMILES string of the molecule is CC.O=C(O)CN(C(=O)c1ccc(-c2ccccc2)c(-c2ccccc2)n1)C1CCCC1. The summed E-state index contributed by atoms with van der Waals surface area (Å²) in [4.78, 5) is 30.9. The normalized spacial score (nSPS) is 13.2. The maximum absolute atomic E-state index is 13.3. The van der Waals surface area contributed by atoms with E-state index in [0.717, 1.165) is 42.4 Å². The number of carbonyl (C=O) groups excluding carboxylic acids is 1. The molecule has 0 saturated heterocycles. The predicted octanol–water partition coefficient (Wildman–Crippen LogP) is 5.91. The number of carboxylic acids is 1. The highest BCUT2D eigenvalue weighted by Crippen LogP contribution is 2.31. The molecule has 5 nitrogen and oxygen atoms in total. The Labute approximate surface area is 189 Å². The van der Waals surface area contributed by atoms with E-state index in [0.29, 0.717) is 5.69 Å². The van der Waals surface area contributed by atoms with E-state index in [2.05, 4.69) is 0 Å². The van der Waals surface area contributed by atoms with Gasteiger partial charge >= 0.3 is 5.97 Å². The molecule has 1 aliphatic rings. The third kappa shape index (κ3) is 5.41. The van der Waals surface area contributed by atoms with Crippen LogP contribution in [0.4, 0.5) is 0 Å². The van der Waals surface area contributed by atoms with Gasteiger partial charge in [0.25, 0.3) is 5.91 Å². The molecule has 1 N–H and O–H groups in total. The van der Waals surface area contributed by atoms with E-state index < -0.39 is 5.97 Å². The molecular weight excluding hydrogens is 400 g/mol. The minimum Gasteiger partial charge on any atom is -0.480 e. The van der Waals surface area contributed by atoms with E-state index in [1.807, 2.05) is 80.6 Å². The van der Waals surface area contributed by atoms with Gasteiger partial charge < -0.3 is 10.0 Å². The number of carbonyl (C=O) groups is 2. The molecule has 2 aromatic carbocycles. The molecule has 166 valence electrons. The third-order valence-corrected chi connectivity index (χ3v) is 5.58. The summed E-state index contributed by atoms with van der Waals surface area (Å²) in [5.74, 6) is -1.32. The number of benzene rings is 2. The van der Waals surface area contributed by atoms with Crippen molar-refractivity contribution in [3.05, 3.63) is 78.5 Å². The summed E-state index contributed by atoms with van der Waals surface area (Å²) in [5, 5.41) is 9.35. The van der Waals surface area contributed by atoms with Crippen LogP contribution in [-0.4, -0.2) is 39.5 Å². The van der Waals surface area contributed by atoms with Crippen LogP contribution in [-0.2, 0) is 4.79 Å². The summed E-state index contributed by atoms with van der Waals surface area (Å²) in [6.45, 7) is 3.70. The second-order valence-electron chi connectivity index (χ2n) is 7.59. The molecule has 0 spiro atoms. The van der Waals surface area contributed by atoms with Gasteiger partial charge in [0.1, 0.15) is 12.2 Å². The fraction of sp³-hybridized carbons (Fsp3) is 0.296. The van der Waals surface area contributed by atoms with Crippen LogP contribution in [0.25, 0.3) is 22.4 Å². The molecule has 5 heteroatoms. The molecule has 0 aliphatic heterocycles. The van der Waals surface area contributed by atoms with Gasteiger partial charge in [-0.05, 0) is 30.5 Å². The second-order valence-corrected chi connectivity index (χ2v) is 7.59. The lowest BCUT2D eigenvalue weighted by Gasteiger charge is -2.27. The van der Waals surface area contributed by atoms with Gasteiger partial charge in [-0.15, -0.1) is 0 Å². The lowest BCUT2D eigenvalue weighted by molar-refractivity contribution is -0.138. The average molecular weight is 431 g/mol. The Bertz CT molecular complexity index is 1030. The van der Waals surface area contributed by atoms with Crippen LogP contribution in [0, 0.1) is 0 Å². The Balaban J connectivity index is 0.00000141. The van der Waals surface area contributed by atoms with Crippen LogP contribution < -0.4 is 0 Å². The first-order valence-electron chi connectivity index (χ1n) is 11.3. The molecule has 1 aromatic heterocycles. The fourth-order valence-electron chi connectivity index (χ4n) is 4.12. The fourth-order valence-corrected chi connectivity index (χ4v) is 4.12. The number of hydrogen-bond donors (Lipinski definition) is 1. The summed E-state index contributed by atoms with van der Waals surface area (Å²) < 4.78 is 0. The van der Waals surface area contributed by atoms with Gasteiger partial charge in [0.05, 0.1) is 5.69 Å². The molecule has 1 saturated carbocycles. The second kappa shape index (κ2) is 11.2. The number of aliphatic carboxylic acids is 1. The Kier molecular flexibility index (Phi) is 8.14. The molecule has 1 amide bonds. The summed E-state index contributed by atoms with van der Waals surface area (Å²) in [6.07, 6.45) is 3.72. The maximum Gasteiger partial charge on any atom is 0.323 e. The molecule has 3 aromatic rings. The van der Waals surface area contributed by atoms with Crippen molar-refractivity contribution in [1.29, 1.82) is 0 Å². The van der Waals surface area contributed by atoms with Crippen LogP contribution in [0.3, 0.4) is 0 Å². The standard InChI is InChI=1S/C25H24N2O3.C2H6/c28-23(29)17-27(20-13-7-8-14-20)25(30)22-16-15-21(18-9-3-1-4-10-18)24(26-22)19-11-5-2-6-12-19;1-2/h1-6,9-12,15-16,20H,7-8,13-14,17H2,(H,28,29);1-2H3. The van der Waals surface area contributed by atoms with E-state index in [4.69, 9.17) is 4.98 Å². The lowest BCUT2D eigenvalue weighted by atomic mass is 9.98. The van der Waals surface area contributed by atoms with Crippen molar-refractivity contribution >= 4 is 11.9 Å². The maximum atomic E-state index is 13.3. The zero-order valence-corrected chi connectivity index (χ0v) is 18.7. The Morgan fingerprint density at radius 2 is 1.44 bits per heavy atom. The number of aromatic nitrogens is 1. The molecule has 1 fully saturated rings. The molecule has 0 unspecified atom stereocenters. The van der Waals surface area contributed by atoms with E-state index in [1.165, 1.54) is 4.90 Å². The Hall–Kier alpha value is -3.47. The monoisotopic (exact) mass is 430 g/mol. The zero-order chi connectivity index (χ0) is 22.9. The topological polar surface area (TPSA) is 70.5 Å². The quantitative estimate of drug-likeness (QED) is 0.528. The third-order valence-electron chi connectivity index (χ3n) is 5.58. The van der Waals surface area contributed by atoms with E-state index in [9.17, 15) is 14.7 Å². The van der Waals surface area contributed by atoms with E-state index in [1.54, 1.807) is 6.07 Å². The molecule has 32 heavy (non-hydrogen) atoms. The first kappa shape index (κ1) is 23.2. The molecular formula is C27H30N2O3. The molecule has 0 radical (unpaired) electrons. The van der Waals surface area contributed by atoms with Crippen molar-refractivity contribution in [1.82, 2.24) is 9.88 Å². The number of rotatable bonds is 6. The van der Waals surface area contributed by atoms with Gasteiger partial charge in [0.15, 0.2) is 0 Å². The van der Waals surface area contributed by atoms with Crippen molar-refractivity contribution in [2.75, 3.05) is 6.54 Å². The highest BCUT2D eigenvalue weighted by molar-refractivity contribution is 5.96. The van der Waals surface area contributed by atoms with Gasteiger partial charge in [0.2, 0.25) is 0 Å². The number of amides is 1. The van der Waals surface area contributed by atoms with Crippen molar-refractivity contribution in [3.8, 4) is 22.4 Å². The smallest absolute Gasteiger partial charge is 0.323 e. The molecule has 1 heterocycles. The molecule has 4 rings (SSSR count). The largest absolute Gasteiger partial charge is 0.480 e. The van der Waals surface area contributed by atoms with Gasteiger partial charge in [-0.1, -0.05) is 87.4 Å². The molecule has 0 atom stereocenters. The number of carboxylic acid groups (broad SMARTS) is 1. The van der Waals surface area contributed by atoms with Gasteiger partial charge in [-0.2, -0.15) is 0 Å². The summed E-state index contributed by atoms with van der Waals surface area (Å²) >= 11 is 0. The van der Waals surface area contributed by atoms with E-state index >= 15 is 0 Å². The van der Waals surface area contributed by atoms with Gasteiger partial charge in [0, 0.05) is 17.2 Å². The van der Waals surface area contributed by atoms with Gasteiger partial charge in [-0.25, -0.2) is 4.98 Å². The predicted molar refractivity (Wildman–Crippen MR) is 127 cm³/mol. The molecule has 1 aliphatic carbocycles. The summed E-state index contributed by atoms with van der Waals surface area (Å²) in [7, 11) is 0. The van der Waals surface area contributed by atoms with Crippen LogP contribution in [0.1, 0.15) is 50.0 Å². The highest BCUT2D eigenvalue weighted by Gasteiger charge is 2.30. The van der Waals surface area contributed by atoms with Crippen LogP contribution >= 0.6 is 0 Å². The van der Waals surface area contributed by atoms with Crippen LogP contribution in [0.2, 0.25) is 0 Å². The van der Waals surface area contributed by atoms with Crippen molar-refractivity contribution < 1.29 is 14.7 Å². The van der Waals surface area contributed by atoms with Crippen molar-refractivity contribution in [2.24, 2.45) is 0 Å². The number of hydrogen-bond acceptors (Lipinski definition) is 3. The minimum absolute atomic E-state index is 0.0376. The summed E-state index contributed by atoms with van der Waals surface area (Å²) in [5.41, 5.74) is 3.86. The number of nitrogens with zero attached hydrogens (tertiary/aromatic N) is 2. The van der Waals surface area contributed by atoms with Crippen molar-refractivity contribution in [2.45, 2.75) is 45.6 Å². The Morgan fingerprint density at radius 3 is 2.00 bits per heavy atom. The van der Waals surface area contributed by atoms with Crippen molar-refractivity contribution in [3.63, 3.8) is 0 Å². The lowest BCUT2D eigenvalue weighted by Crippen LogP contribution is -2.42. The summed E-state index contributed by atoms with van der Waals surface area (Å²) in [6, 6.07) is 23.3. The Morgan fingerprint density at radius 1 is 0.875 bits per heavy atom.